The summed E-state index contributed by atoms with van der Waals surface area (Å²) in [5, 5.41) is 5.79. The highest BCUT2D eigenvalue weighted by Crippen LogP contribution is 2.10. The third kappa shape index (κ3) is 6.14. The molecule has 0 heterocycles. The standard InChI is InChI=1S/C12H18N2O2.ClH/c1-13-8-7-12(15)14-9-10-3-5-11(16-2)6-4-10;/h3-6,13H,7-9H2,1-2H3,(H,14,15);1H. The number of hydrogen-bond acceptors (Lipinski definition) is 3. The second kappa shape index (κ2) is 8.84. The van der Waals surface area contributed by atoms with Crippen molar-refractivity contribution in [2.24, 2.45) is 0 Å². The Bertz CT molecular complexity index is 328. The molecule has 1 aromatic carbocycles. The van der Waals surface area contributed by atoms with Crippen LogP contribution in [0.5, 0.6) is 5.75 Å². The smallest absolute Gasteiger partial charge is 0.221 e. The molecule has 0 atom stereocenters. The van der Waals surface area contributed by atoms with Crippen molar-refractivity contribution in [1.82, 2.24) is 10.6 Å². The van der Waals surface area contributed by atoms with Crippen LogP contribution in [0.3, 0.4) is 0 Å². The van der Waals surface area contributed by atoms with E-state index in [0.717, 1.165) is 11.3 Å². The molecule has 0 unspecified atom stereocenters. The van der Waals surface area contributed by atoms with E-state index < -0.39 is 0 Å². The number of carbonyl (C=O) groups is 1. The minimum absolute atomic E-state index is 0. The summed E-state index contributed by atoms with van der Waals surface area (Å²) in [5.41, 5.74) is 1.07. The van der Waals surface area contributed by atoms with Gasteiger partial charge in [0.05, 0.1) is 7.11 Å². The fourth-order valence-electron chi connectivity index (χ4n) is 1.27. The lowest BCUT2D eigenvalue weighted by atomic mass is 10.2. The van der Waals surface area contributed by atoms with Gasteiger partial charge in [0.25, 0.3) is 0 Å². The van der Waals surface area contributed by atoms with E-state index in [9.17, 15) is 4.79 Å². The van der Waals surface area contributed by atoms with Gasteiger partial charge < -0.3 is 15.4 Å². The fraction of sp³-hybridized carbons (Fsp3) is 0.417. The van der Waals surface area contributed by atoms with E-state index >= 15 is 0 Å². The van der Waals surface area contributed by atoms with Gasteiger partial charge in [0.2, 0.25) is 5.91 Å². The molecule has 0 spiro atoms. The topological polar surface area (TPSA) is 50.4 Å². The van der Waals surface area contributed by atoms with Crippen LogP contribution in [-0.2, 0) is 11.3 Å². The average Bonchev–Trinajstić information content (AvgIpc) is 2.34. The second-order valence-electron chi connectivity index (χ2n) is 3.48. The third-order valence-electron chi connectivity index (χ3n) is 2.25. The second-order valence-corrected chi connectivity index (χ2v) is 3.48. The van der Waals surface area contributed by atoms with E-state index in [1.54, 1.807) is 7.11 Å². The molecule has 0 aromatic heterocycles. The minimum Gasteiger partial charge on any atom is -0.497 e. The summed E-state index contributed by atoms with van der Waals surface area (Å²) in [6, 6.07) is 7.65. The molecule has 0 fully saturated rings. The summed E-state index contributed by atoms with van der Waals surface area (Å²) in [6.45, 7) is 1.26. The lowest BCUT2D eigenvalue weighted by Crippen LogP contribution is -2.26. The van der Waals surface area contributed by atoms with Crippen molar-refractivity contribution in [2.75, 3.05) is 20.7 Å². The van der Waals surface area contributed by atoms with Gasteiger partial charge in [0, 0.05) is 19.5 Å². The summed E-state index contributed by atoms with van der Waals surface area (Å²) in [7, 11) is 3.46. The molecule has 0 aliphatic heterocycles. The molecule has 17 heavy (non-hydrogen) atoms. The molecule has 0 saturated heterocycles. The SMILES string of the molecule is CNCCC(=O)NCc1ccc(OC)cc1.Cl. The number of rotatable bonds is 6. The van der Waals surface area contributed by atoms with Crippen LogP contribution in [0.2, 0.25) is 0 Å². The quantitative estimate of drug-likeness (QED) is 0.810. The number of hydrogen-bond donors (Lipinski definition) is 2. The van der Waals surface area contributed by atoms with Crippen molar-refractivity contribution in [3.8, 4) is 5.75 Å². The molecule has 1 aromatic rings. The van der Waals surface area contributed by atoms with Crippen LogP contribution in [-0.4, -0.2) is 26.6 Å². The van der Waals surface area contributed by atoms with Crippen molar-refractivity contribution >= 4 is 18.3 Å². The Labute approximate surface area is 108 Å². The first-order valence-corrected chi connectivity index (χ1v) is 5.30. The lowest BCUT2D eigenvalue weighted by Gasteiger charge is -2.06. The largest absolute Gasteiger partial charge is 0.497 e. The molecule has 4 nitrogen and oxygen atoms in total. The number of amides is 1. The molecule has 2 N–H and O–H groups in total. The Morgan fingerprint density at radius 2 is 1.94 bits per heavy atom. The van der Waals surface area contributed by atoms with Crippen LogP contribution in [0, 0.1) is 0 Å². The molecule has 0 bridgehead atoms. The van der Waals surface area contributed by atoms with Crippen molar-refractivity contribution < 1.29 is 9.53 Å². The first-order chi connectivity index (χ1) is 7.76. The number of carbonyl (C=O) groups excluding carboxylic acids is 1. The van der Waals surface area contributed by atoms with Crippen LogP contribution in [0.4, 0.5) is 0 Å². The molecule has 96 valence electrons. The molecular weight excluding hydrogens is 240 g/mol. The van der Waals surface area contributed by atoms with Gasteiger partial charge in [0.15, 0.2) is 0 Å². The van der Waals surface area contributed by atoms with Crippen molar-refractivity contribution in [1.29, 1.82) is 0 Å². The molecule has 0 radical (unpaired) electrons. The summed E-state index contributed by atoms with van der Waals surface area (Å²) < 4.78 is 5.05. The van der Waals surface area contributed by atoms with Crippen LogP contribution < -0.4 is 15.4 Å². The molecule has 0 aliphatic rings. The fourth-order valence-corrected chi connectivity index (χ4v) is 1.27. The van der Waals surface area contributed by atoms with Crippen LogP contribution in [0.25, 0.3) is 0 Å². The van der Waals surface area contributed by atoms with E-state index in [2.05, 4.69) is 10.6 Å². The van der Waals surface area contributed by atoms with Gasteiger partial charge in [-0.15, -0.1) is 12.4 Å². The van der Waals surface area contributed by atoms with Crippen molar-refractivity contribution in [2.45, 2.75) is 13.0 Å². The Balaban J connectivity index is 0.00000256. The predicted molar refractivity (Wildman–Crippen MR) is 70.6 cm³/mol. The maximum Gasteiger partial charge on any atom is 0.221 e. The van der Waals surface area contributed by atoms with E-state index in [-0.39, 0.29) is 18.3 Å². The average molecular weight is 259 g/mol. The maximum atomic E-state index is 11.3. The summed E-state index contributed by atoms with van der Waals surface area (Å²) in [6.07, 6.45) is 0.507. The predicted octanol–water partition coefficient (Wildman–Crippen LogP) is 1.34. The maximum absolute atomic E-state index is 11.3. The number of halogens is 1. The normalized spacial score (nSPS) is 9.29. The lowest BCUT2D eigenvalue weighted by molar-refractivity contribution is -0.121. The molecule has 1 amide bonds. The van der Waals surface area contributed by atoms with Crippen molar-refractivity contribution in [3.05, 3.63) is 29.8 Å². The molecule has 0 saturated carbocycles. The molecule has 0 aliphatic carbocycles. The Morgan fingerprint density at radius 3 is 2.47 bits per heavy atom. The van der Waals surface area contributed by atoms with Gasteiger partial charge in [-0.2, -0.15) is 0 Å². The number of methoxy groups -OCH3 is 1. The van der Waals surface area contributed by atoms with Gasteiger partial charge in [-0.05, 0) is 24.7 Å². The van der Waals surface area contributed by atoms with E-state index in [1.807, 2.05) is 31.3 Å². The minimum atomic E-state index is 0. The Morgan fingerprint density at radius 1 is 1.29 bits per heavy atom. The van der Waals surface area contributed by atoms with E-state index in [4.69, 9.17) is 4.74 Å². The zero-order valence-electron chi connectivity index (χ0n) is 10.2. The number of nitrogens with one attached hydrogen (secondary N) is 2. The van der Waals surface area contributed by atoms with Crippen molar-refractivity contribution in [3.63, 3.8) is 0 Å². The monoisotopic (exact) mass is 258 g/mol. The Kier molecular flexibility index (Phi) is 8.19. The zero-order chi connectivity index (χ0) is 11.8. The van der Waals surface area contributed by atoms with Crippen LogP contribution in [0.15, 0.2) is 24.3 Å². The molecule has 5 heteroatoms. The van der Waals surface area contributed by atoms with Crippen LogP contribution in [0.1, 0.15) is 12.0 Å². The van der Waals surface area contributed by atoms with Gasteiger partial charge in [-0.1, -0.05) is 12.1 Å². The molecule has 1 rings (SSSR count). The highest BCUT2D eigenvalue weighted by Gasteiger charge is 2.00. The van der Waals surface area contributed by atoms with E-state index in [1.165, 1.54) is 0 Å². The first kappa shape index (κ1) is 15.7. The summed E-state index contributed by atoms with van der Waals surface area (Å²) in [4.78, 5) is 11.3. The number of ether oxygens (including phenoxy) is 1. The first-order valence-electron chi connectivity index (χ1n) is 5.30. The van der Waals surface area contributed by atoms with Gasteiger partial charge in [0.1, 0.15) is 5.75 Å². The number of benzene rings is 1. The van der Waals surface area contributed by atoms with E-state index in [0.29, 0.717) is 19.5 Å². The van der Waals surface area contributed by atoms with Gasteiger partial charge in [-0.25, -0.2) is 0 Å². The van der Waals surface area contributed by atoms with Gasteiger partial charge >= 0.3 is 0 Å². The highest BCUT2D eigenvalue weighted by atomic mass is 35.5. The summed E-state index contributed by atoms with van der Waals surface area (Å²) >= 11 is 0. The molecular formula is C12H19ClN2O2. The third-order valence-corrected chi connectivity index (χ3v) is 2.25. The summed E-state index contributed by atoms with van der Waals surface area (Å²) in [5.74, 6) is 0.885. The van der Waals surface area contributed by atoms with Crippen LogP contribution >= 0.6 is 12.4 Å². The van der Waals surface area contributed by atoms with Gasteiger partial charge in [-0.3, -0.25) is 4.79 Å². The zero-order valence-corrected chi connectivity index (χ0v) is 11.0. The highest BCUT2D eigenvalue weighted by molar-refractivity contribution is 5.85. The Hall–Kier alpha value is -1.26.